The first kappa shape index (κ1) is 18.0. The third kappa shape index (κ3) is 3.05. The molecule has 1 aliphatic heterocycles. The topological polar surface area (TPSA) is 47.9 Å². The highest BCUT2D eigenvalue weighted by molar-refractivity contribution is 5.97. The van der Waals surface area contributed by atoms with Gasteiger partial charge in [0.1, 0.15) is 6.42 Å². The Labute approximate surface area is 148 Å². The number of benzene rings is 2. The lowest BCUT2D eigenvalue weighted by atomic mass is 9.83. The van der Waals surface area contributed by atoms with E-state index in [1.165, 1.54) is 42.5 Å². The van der Waals surface area contributed by atoms with E-state index in [1.54, 1.807) is 19.1 Å². The van der Waals surface area contributed by atoms with E-state index in [2.05, 4.69) is 4.99 Å². The Morgan fingerprint density at radius 2 is 1.77 bits per heavy atom. The molecule has 7 heteroatoms. The zero-order valence-electron chi connectivity index (χ0n) is 13.9. The quantitative estimate of drug-likeness (QED) is 0.751. The first-order chi connectivity index (χ1) is 12.4. The van der Waals surface area contributed by atoms with Crippen LogP contribution >= 0.6 is 0 Å². The van der Waals surface area contributed by atoms with Gasteiger partial charge in [0, 0.05) is 11.1 Å². The molecule has 3 rings (SSSR count). The number of aliphatic imine (C=N–C) groups is 1. The number of alkyl halides is 3. The summed E-state index contributed by atoms with van der Waals surface area (Å²) in [6, 6.07) is 13.2. The summed E-state index contributed by atoms with van der Waals surface area (Å²) in [7, 11) is 0. The minimum Gasteiger partial charge on any atom is -0.466 e. The zero-order valence-corrected chi connectivity index (χ0v) is 13.9. The van der Waals surface area contributed by atoms with Gasteiger partial charge < -0.3 is 9.47 Å². The summed E-state index contributed by atoms with van der Waals surface area (Å²) in [4.78, 5) is 15.9. The molecule has 1 aliphatic rings. The van der Waals surface area contributed by atoms with E-state index in [9.17, 15) is 18.0 Å². The Morgan fingerprint density at radius 3 is 2.42 bits per heavy atom. The minimum absolute atomic E-state index is 0.0868. The number of carbonyl (C=O) groups is 1. The van der Waals surface area contributed by atoms with Crippen molar-refractivity contribution in [3.8, 4) is 0 Å². The van der Waals surface area contributed by atoms with Crippen LogP contribution in [-0.4, -0.2) is 24.7 Å². The van der Waals surface area contributed by atoms with E-state index in [0.29, 0.717) is 0 Å². The van der Waals surface area contributed by atoms with Gasteiger partial charge in [0.05, 0.1) is 12.3 Å². The number of para-hydroxylation sites is 1. The predicted octanol–water partition coefficient (Wildman–Crippen LogP) is 4.51. The molecule has 4 nitrogen and oxygen atoms in total. The fourth-order valence-corrected chi connectivity index (χ4v) is 2.93. The van der Waals surface area contributed by atoms with Crippen LogP contribution < -0.4 is 0 Å². The summed E-state index contributed by atoms with van der Waals surface area (Å²) in [5.74, 6) is -1.03. The van der Waals surface area contributed by atoms with Crippen LogP contribution in [0.2, 0.25) is 0 Å². The first-order valence-corrected chi connectivity index (χ1v) is 8.02. The second kappa shape index (κ2) is 6.82. The molecule has 1 atom stereocenters. The van der Waals surface area contributed by atoms with E-state index in [1.807, 2.05) is 0 Å². The summed E-state index contributed by atoms with van der Waals surface area (Å²) in [5, 5.41) is 0. The molecule has 0 aliphatic carbocycles. The zero-order chi connectivity index (χ0) is 18.8. The maximum absolute atomic E-state index is 14.3. The second-order valence-electron chi connectivity index (χ2n) is 5.65. The fraction of sp³-hybridized carbons (Fsp3) is 0.263. The van der Waals surface area contributed by atoms with Crippen molar-refractivity contribution in [3.05, 3.63) is 65.7 Å². The Bertz CT molecular complexity index is 833. The normalized spacial score (nSPS) is 19.2. The highest BCUT2D eigenvalue weighted by Gasteiger charge is 2.62. The van der Waals surface area contributed by atoms with Crippen molar-refractivity contribution in [1.29, 1.82) is 0 Å². The smallest absolute Gasteiger partial charge is 0.437 e. The van der Waals surface area contributed by atoms with Crippen molar-refractivity contribution in [2.24, 2.45) is 4.99 Å². The van der Waals surface area contributed by atoms with Crippen LogP contribution in [0.1, 0.15) is 24.5 Å². The van der Waals surface area contributed by atoms with Gasteiger partial charge in [0.2, 0.25) is 5.90 Å². The molecule has 0 radical (unpaired) electrons. The highest BCUT2D eigenvalue weighted by atomic mass is 19.4. The van der Waals surface area contributed by atoms with Crippen LogP contribution in [-0.2, 0) is 19.9 Å². The standard InChI is InChI=1S/C19H16F3NO3/c1-2-25-17(24)12-16-23-15-11-7-6-10-14(15)18(26-16,19(20,21)22)13-8-4-3-5-9-13/h3-11H,2,12H2,1H3. The van der Waals surface area contributed by atoms with Crippen LogP contribution in [0.25, 0.3) is 0 Å². The highest BCUT2D eigenvalue weighted by Crippen LogP contribution is 2.52. The lowest BCUT2D eigenvalue weighted by Crippen LogP contribution is -2.49. The maximum Gasteiger partial charge on any atom is 0.437 e. The molecule has 0 saturated carbocycles. The number of nitrogens with zero attached hydrogens (tertiary/aromatic N) is 1. The molecule has 0 fully saturated rings. The van der Waals surface area contributed by atoms with Gasteiger partial charge >= 0.3 is 12.1 Å². The third-order valence-corrected chi connectivity index (χ3v) is 3.98. The number of ether oxygens (including phenoxy) is 2. The molecule has 0 bridgehead atoms. The maximum atomic E-state index is 14.3. The van der Waals surface area contributed by atoms with Crippen molar-refractivity contribution < 1.29 is 27.4 Å². The number of esters is 1. The summed E-state index contributed by atoms with van der Waals surface area (Å²) in [6.07, 6.45) is -5.26. The van der Waals surface area contributed by atoms with Crippen molar-refractivity contribution in [3.63, 3.8) is 0 Å². The third-order valence-electron chi connectivity index (χ3n) is 3.98. The number of rotatable bonds is 4. The molecule has 1 heterocycles. The number of hydrogen-bond donors (Lipinski definition) is 0. The Kier molecular flexibility index (Phi) is 4.71. The molecule has 2 aromatic rings. The second-order valence-corrected chi connectivity index (χ2v) is 5.65. The lowest BCUT2D eigenvalue weighted by Gasteiger charge is -2.39. The van der Waals surface area contributed by atoms with E-state index in [0.717, 1.165) is 0 Å². The fourth-order valence-electron chi connectivity index (χ4n) is 2.93. The largest absolute Gasteiger partial charge is 0.466 e. The van der Waals surface area contributed by atoms with Crippen molar-refractivity contribution in [1.82, 2.24) is 0 Å². The van der Waals surface area contributed by atoms with Gasteiger partial charge in [-0.3, -0.25) is 4.79 Å². The Hall–Kier alpha value is -2.83. The molecule has 0 saturated heterocycles. The van der Waals surface area contributed by atoms with Gasteiger partial charge in [0.15, 0.2) is 0 Å². The number of hydrogen-bond acceptors (Lipinski definition) is 4. The minimum atomic E-state index is -4.78. The van der Waals surface area contributed by atoms with Crippen LogP contribution in [0.3, 0.4) is 0 Å². The molecule has 0 spiro atoms. The van der Waals surface area contributed by atoms with E-state index in [-0.39, 0.29) is 29.3 Å². The molecular formula is C19H16F3NO3. The van der Waals surface area contributed by atoms with Gasteiger partial charge in [-0.25, -0.2) is 4.99 Å². The van der Waals surface area contributed by atoms with Crippen molar-refractivity contribution >= 4 is 17.6 Å². The van der Waals surface area contributed by atoms with E-state index < -0.39 is 24.2 Å². The van der Waals surface area contributed by atoms with Gasteiger partial charge in [-0.05, 0) is 13.0 Å². The van der Waals surface area contributed by atoms with Gasteiger partial charge in [-0.15, -0.1) is 0 Å². The predicted molar refractivity (Wildman–Crippen MR) is 89.1 cm³/mol. The molecule has 0 amide bonds. The monoisotopic (exact) mass is 363 g/mol. The lowest BCUT2D eigenvalue weighted by molar-refractivity contribution is -0.243. The Balaban J connectivity index is 2.18. The Morgan fingerprint density at radius 1 is 1.12 bits per heavy atom. The van der Waals surface area contributed by atoms with E-state index in [4.69, 9.17) is 9.47 Å². The van der Waals surface area contributed by atoms with Crippen molar-refractivity contribution in [2.75, 3.05) is 6.61 Å². The summed E-state index contributed by atoms with van der Waals surface area (Å²) in [6.45, 7) is 1.73. The summed E-state index contributed by atoms with van der Waals surface area (Å²) < 4.78 is 53.2. The summed E-state index contributed by atoms with van der Waals surface area (Å²) in [5.41, 5.74) is -2.84. The van der Waals surface area contributed by atoms with Gasteiger partial charge in [0.25, 0.3) is 5.60 Å². The molecule has 0 N–H and O–H groups in total. The van der Waals surface area contributed by atoms with E-state index >= 15 is 0 Å². The average Bonchev–Trinajstić information content (AvgIpc) is 2.61. The molecule has 0 aromatic heterocycles. The molecule has 2 aromatic carbocycles. The average molecular weight is 363 g/mol. The number of fused-ring (bicyclic) bond motifs is 1. The first-order valence-electron chi connectivity index (χ1n) is 8.02. The SMILES string of the molecule is CCOC(=O)CC1=Nc2ccccc2C(c2ccccc2)(C(F)(F)F)O1. The number of carbonyl (C=O) groups excluding carboxylic acids is 1. The number of halogens is 3. The van der Waals surface area contributed by atoms with Crippen LogP contribution in [0.15, 0.2) is 59.6 Å². The van der Waals surface area contributed by atoms with Gasteiger partial charge in [-0.2, -0.15) is 13.2 Å². The van der Waals surface area contributed by atoms with Crippen LogP contribution in [0, 0.1) is 0 Å². The van der Waals surface area contributed by atoms with Crippen molar-refractivity contribution in [2.45, 2.75) is 25.1 Å². The summed E-state index contributed by atoms with van der Waals surface area (Å²) >= 11 is 0. The van der Waals surface area contributed by atoms with Crippen LogP contribution in [0.4, 0.5) is 18.9 Å². The molecular weight excluding hydrogens is 347 g/mol. The molecule has 26 heavy (non-hydrogen) atoms. The molecule has 136 valence electrons. The van der Waals surface area contributed by atoms with Gasteiger partial charge in [-0.1, -0.05) is 48.5 Å². The molecule has 1 unspecified atom stereocenters. The van der Waals surface area contributed by atoms with Crippen LogP contribution in [0.5, 0.6) is 0 Å².